The molecule has 0 bridgehead atoms. The highest BCUT2D eigenvalue weighted by Gasteiger charge is 2.29. The van der Waals surface area contributed by atoms with Crippen LogP contribution in [-0.2, 0) is 0 Å². The van der Waals surface area contributed by atoms with Gasteiger partial charge >= 0.3 is 5.88 Å². The van der Waals surface area contributed by atoms with Gasteiger partial charge in [0.1, 0.15) is 35.0 Å². The number of aromatic nitrogens is 1. The number of nitriles is 2. The first-order valence-corrected chi connectivity index (χ1v) is 7.09. The van der Waals surface area contributed by atoms with Crippen LogP contribution in [0.4, 0.5) is 5.82 Å². The molecule has 0 amide bonds. The molecule has 2 rings (SSSR count). The second kappa shape index (κ2) is 7.28. The van der Waals surface area contributed by atoms with Crippen molar-refractivity contribution >= 4 is 5.82 Å². The van der Waals surface area contributed by atoms with E-state index in [1.54, 1.807) is 12.1 Å². The van der Waals surface area contributed by atoms with Crippen molar-refractivity contribution < 1.29 is 23.9 Å². The van der Waals surface area contributed by atoms with Crippen molar-refractivity contribution in [3.05, 3.63) is 23.3 Å². The fourth-order valence-electron chi connectivity index (χ4n) is 2.50. The van der Waals surface area contributed by atoms with E-state index < -0.39 is 0 Å². The number of H-pyrrole nitrogens is 1. The number of aromatic amines is 1. The van der Waals surface area contributed by atoms with Crippen molar-refractivity contribution in [2.24, 2.45) is 0 Å². The Morgan fingerprint density at radius 2 is 1.40 bits per heavy atom. The third-order valence-electron chi connectivity index (χ3n) is 3.64. The van der Waals surface area contributed by atoms with Gasteiger partial charge in [-0.3, -0.25) is 5.73 Å². The molecule has 2 aromatic rings. The van der Waals surface area contributed by atoms with Gasteiger partial charge in [-0.1, -0.05) is 0 Å². The highest BCUT2D eigenvalue weighted by molar-refractivity contribution is 5.88. The van der Waals surface area contributed by atoms with E-state index in [9.17, 15) is 10.5 Å². The van der Waals surface area contributed by atoms with Gasteiger partial charge < -0.3 is 18.9 Å². The number of rotatable bonds is 5. The Morgan fingerprint density at radius 1 is 0.840 bits per heavy atom. The average Bonchev–Trinajstić information content (AvgIpc) is 2.65. The summed E-state index contributed by atoms with van der Waals surface area (Å²) in [5.74, 6) is 1.41. The summed E-state index contributed by atoms with van der Waals surface area (Å²) < 4.78 is 21.3. The smallest absolute Gasteiger partial charge is 0.300 e. The second-order valence-electron chi connectivity index (χ2n) is 4.83. The third-order valence-corrected chi connectivity index (χ3v) is 3.64. The van der Waals surface area contributed by atoms with E-state index in [1.165, 1.54) is 28.4 Å². The number of ether oxygens (including phenoxy) is 4. The number of pyridine rings is 1. The van der Waals surface area contributed by atoms with Crippen LogP contribution in [-0.4, -0.2) is 28.4 Å². The van der Waals surface area contributed by atoms with E-state index in [-0.39, 0.29) is 28.4 Å². The summed E-state index contributed by atoms with van der Waals surface area (Å²) >= 11 is 0. The summed E-state index contributed by atoms with van der Waals surface area (Å²) in [6.07, 6.45) is 0. The minimum Gasteiger partial charge on any atom is -0.496 e. The number of benzene rings is 1. The van der Waals surface area contributed by atoms with Crippen LogP contribution in [0.5, 0.6) is 23.1 Å². The van der Waals surface area contributed by atoms with Crippen LogP contribution in [0.2, 0.25) is 0 Å². The maximum Gasteiger partial charge on any atom is 0.300 e. The normalized spacial score (nSPS) is 9.68. The lowest BCUT2D eigenvalue weighted by atomic mass is 9.94. The summed E-state index contributed by atoms with van der Waals surface area (Å²) in [6.45, 7) is 0. The molecular formula is C17H17N4O4+. The Labute approximate surface area is 144 Å². The largest absolute Gasteiger partial charge is 0.496 e. The molecule has 8 heteroatoms. The standard InChI is InChI=1S/C17H16N4O4/c1-22-9-5-12(23-2)15(13(6-9)24-3)14-10(7-18)16(20)21-17(25-4)11(14)8-19/h5-6H,1-4H3,(H2,20,21)/p+1. The van der Waals surface area contributed by atoms with Gasteiger partial charge in [-0.25, -0.2) is 4.98 Å². The van der Waals surface area contributed by atoms with Crippen LogP contribution in [0, 0.1) is 22.7 Å². The van der Waals surface area contributed by atoms with Gasteiger partial charge in [0.2, 0.25) is 0 Å². The summed E-state index contributed by atoms with van der Waals surface area (Å²) in [5.41, 5.74) is 6.78. The first kappa shape index (κ1) is 17.7. The van der Waals surface area contributed by atoms with Gasteiger partial charge in [-0.2, -0.15) is 10.5 Å². The minimum absolute atomic E-state index is 0.0632. The molecule has 0 aliphatic heterocycles. The summed E-state index contributed by atoms with van der Waals surface area (Å²) in [5, 5.41) is 19.2. The molecule has 0 unspecified atom stereocenters. The molecule has 0 saturated heterocycles. The van der Waals surface area contributed by atoms with E-state index in [1.807, 2.05) is 12.1 Å². The molecule has 0 saturated carbocycles. The zero-order valence-corrected chi connectivity index (χ0v) is 14.3. The SMILES string of the molecule is COc1cc(OC)c(-c2c(C#N)c(N)[nH+]c(OC)c2C#N)c(OC)c1. The molecule has 25 heavy (non-hydrogen) atoms. The number of hydrogen-bond acceptors (Lipinski definition) is 7. The molecule has 0 radical (unpaired) electrons. The van der Waals surface area contributed by atoms with Crippen LogP contribution < -0.4 is 29.7 Å². The van der Waals surface area contributed by atoms with E-state index in [0.717, 1.165) is 0 Å². The number of nitrogens with one attached hydrogen (secondary N) is 1. The molecular weight excluding hydrogens is 324 g/mol. The van der Waals surface area contributed by atoms with E-state index >= 15 is 0 Å². The van der Waals surface area contributed by atoms with Crippen molar-refractivity contribution in [3.8, 4) is 46.4 Å². The molecule has 0 aliphatic rings. The first-order valence-electron chi connectivity index (χ1n) is 7.09. The topological polar surface area (TPSA) is 125 Å². The predicted molar refractivity (Wildman–Crippen MR) is 88.5 cm³/mol. The van der Waals surface area contributed by atoms with Crippen LogP contribution in [0.25, 0.3) is 11.1 Å². The van der Waals surface area contributed by atoms with Gasteiger partial charge in [0, 0.05) is 17.7 Å². The second-order valence-corrected chi connectivity index (χ2v) is 4.83. The van der Waals surface area contributed by atoms with Gasteiger partial charge in [-0.15, -0.1) is 0 Å². The zero-order valence-electron chi connectivity index (χ0n) is 14.3. The van der Waals surface area contributed by atoms with Crippen molar-refractivity contribution in [2.75, 3.05) is 34.2 Å². The number of methoxy groups -OCH3 is 4. The molecule has 1 aromatic heterocycles. The van der Waals surface area contributed by atoms with Crippen LogP contribution >= 0.6 is 0 Å². The Bertz CT molecular complexity index is 872. The molecule has 8 nitrogen and oxygen atoms in total. The van der Waals surface area contributed by atoms with Gasteiger partial charge in [0.05, 0.1) is 34.0 Å². The average molecular weight is 341 g/mol. The Kier molecular flexibility index (Phi) is 5.15. The lowest BCUT2D eigenvalue weighted by Gasteiger charge is -2.17. The Balaban J connectivity index is 3.03. The van der Waals surface area contributed by atoms with Gasteiger partial charge in [0.25, 0.3) is 5.82 Å². The highest BCUT2D eigenvalue weighted by atomic mass is 16.5. The van der Waals surface area contributed by atoms with Gasteiger partial charge in [0.15, 0.2) is 5.56 Å². The maximum atomic E-state index is 9.62. The Hall–Kier alpha value is -3.65. The third kappa shape index (κ3) is 2.93. The number of nitrogens with two attached hydrogens (primary N) is 1. The molecule has 0 atom stereocenters. The lowest BCUT2D eigenvalue weighted by molar-refractivity contribution is -0.376. The summed E-state index contributed by atoms with van der Waals surface area (Å²) in [7, 11) is 5.83. The fraction of sp³-hybridized carbons (Fsp3) is 0.235. The highest BCUT2D eigenvalue weighted by Crippen LogP contribution is 2.45. The molecule has 128 valence electrons. The quantitative estimate of drug-likeness (QED) is 0.874. The molecule has 0 fully saturated rings. The molecule has 1 aromatic carbocycles. The van der Waals surface area contributed by atoms with Crippen LogP contribution in [0.15, 0.2) is 12.1 Å². The Morgan fingerprint density at radius 3 is 1.80 bits per heavy atom. The number of hydrogen-bond donors (Lipinski definition) is 1. The van der Waals surface area contributed by atoms with E-state index in [4.69, 9.17) is 24.7 Å². The number of nitrogens with zero attached hydrogens (tertiary/aromatic N) is 2. The fourth-order valence-corrected chi connectivity index (χ4v) is 2.50. The van der Waals surface area contributed by atoms with Crippen molar-refractivity contribution in [2.45, 2.75) is 0 Å². The monoisotopic (exact) mass is 341 g/mol. The van der Waals surface area contributed by atoms with E-state index in [0.29, 0.717) is 22.8 Å². The van der Waals surface area contributed by atoms with E-state index in [2.05, 4.69) is 4.98 Å². The maximum absolute atomic E-state index is 9.62. The molecule has 3 N–H and O–H groups in total. The lowest BCUT2D eigenvalue weighted by Crippen LogP contribution is -2.18. The summed E-state index contributed by atoms with van der Waals surface area (Å²) in [4.78, 5) is 2.71. The zero-order chi connectivity index (χ0) is 18.6. The van der Waals surface area contributed by atoms with Gasteiger partial charge in [-0.05, 0) is 0 Å². The van der Waals surface area contributed by atoms with Crippen LogP contribution in [0.3, 0.4) is 0 Å². The molecule has 0 aliphatic carbocycles. The molecule has 0 spiro atoms. The summed E-state index contributed by atoms with van der Waals surface area (Å²) in [6, 6.07) is 7.30. The number of nitrogen functional groups attached to an aromatic ring is 1. The van der Waals surface area contributed by atoms with Crippen molar-refractivity contribution in [3.63, 3.8) is 0 Å². The predicted octanol–water partition coefficient (Wildman–Crippen LogP) is 1.53. The number of anilines is 1. The van der Waals surface area contributed by atoms with Crippen LogP contribution in [0.1, 0.15) is 11.1 Å². The van der Waals surface area contributed by atoms with Crippen molar-refractivity contribution in [1.29, 1.82) is 10.5 Å². The minimum atomic E-state index is 0.0632. The van der Waals surface area contributed by atoms with Crippen molar-refractivity contribution in [1.82, 2.24) is 0 Å². The molecule has 1 heterocycles. The first-order chi connectivity index (χ1) is 12.1.